The van der Waals surface area contributed by atoms with Gasteiger partial charge in [0.15, 0.2) is 17.4 Å². The molecule has 1 aliphatic rings. The van der Waals surface area contributed by atoms with Crippen LogP contribution in [0.1, 0.15) is 29.9 Å². The summed E-state index contributed by atoms with van der Waals surface area (Å²) in [6.07, 6.45) is 3.29. The van der Waals surface area contributed by atoms with Crippen LogP contribution in [0.4, 0.5) is 8.78 Å². The van der Waals surface area contributed by atoms with E-state index in [2.05, 4.69) is 0 Å². The maximum Gasteiger partial charge on any atom is 0.263 e. The molecule has 6 rings (SSSR count). The number of rotatable bonds is 4. The van der Waals surface area contributed by atoms with Crippen molar-refractivity contribution in [3.63, 3.8) is 0 Å². The number of hydrogen-bond donors (Lipinski definition) is 1. The van der Waals surface area contributed by atoms with Gasteiger partial charge in [0, 0.05) is 30.3 Å². The molecule has 0 aliphatic heterocycles. The Morgan fingerprint density at radius 3 is 2.61 bits per heavy atom. The number of thiophene rings is 1. The highest BCUT2D eigenvalue weighted by atomic mass is 35.5. The average molecular weight is 526 g/mol. The van der Waals surface area contributed by atoms with Crippen molar-refractivity contribution in [1.82, 2.24) is 14.1 Å². The summed E-state index contributed by atoms with van der Waals surface area (Å²) in [6.45, 7) is 0.0469. The third kappa shape index (κ3) is 3.61. The van der Waals surface area contributed by atoms with E-state index in [0.717, 1.165) is 30.2 Å². The number of aromatic nitrogens is 3. The largest absolute Gasteiger partial charge is 0.505 e. The van der Waals surface area contributed by atoms with Crippen LogP contribution in [0, 0.1) is 11.6 Å². The molecule has 3 heterocycles. The Bertz CT molecular complexity index is 1840. The third-order valence-corrected chi connectivity index (χ3v) is 7.94. The normalized spacial score (nSPS) is 13.7. The molecule has 6 nitrogen and oxygen atoms in total. The molecule has 0 spiro atoms. The average Bonchev–Trinajstić information content (AvgIpc) is 3.62. The number of aromatic hydroxyl groups is 1. The Hall–Kier alpha value is -3.56. The summed E-state index contributed by atoms with van der Waals surface area (Å²) in [5, 5.41) is 11.5. The van der Waals surface area contributed by atoms with Gasteiger partial charge in [0.1, 0.15) is 10.7 Å². The molecule has 0 amide bonds. The van der Waals surface area contributed by atoms with Crippen LogP contribution in [0.15, 0.2) is 52.2 Å². The number of aryl methyl sites for hydroxylation is 1. The van der Waals surface area contributed by atoms with Gasteiger partial charge in [-0.2, -0.15) is 0 Å². The van der Waals surface area contributed by atoms with Crippen LogP contribution >= 0.6 is 22.9 Å². The first-order valence-corrected chi connectivity index (χ1v) is 12.4. The molecular weight excluding hydrogens is 508 g/mol. The second-order valence-corrected chi connectivity index (χ2v) is 10.4. The minimum absolute atomic E-state index is 0.0469. The number of phenolic OH excluding ortho intramolecular Hbond substituents is 1. The van der Waals surface area contributed by atoms with Crippen LogP contribution in [0.3, 0.4) is 0 Å². The van der Waals surface area contributed by atoms with Gasteiger partial charge in [-0.15, -0.1) is 11.3 Å². The fourth-order valence-electron chi connectivity index (χ4n) is 4.55. The molecular formula is C26H18ClF2N3O3S. The summed E-state index contributed by atoms with van der Waals surface area (Å²) in [7, 11) is 1.61. The number of halogens is 3. The highest BCUT2D eigenvalue weighted by molar-refractivity contribution is 7.25. The summed E-state index contributed by atoms with van der Waals surface area (Å²) in [6, 6.07) is 8.47. The summed E-state index contributed by atoms with van der Waals surface area (Å²) < 4.78 is 31.9. The quantitative estimate of drug-likeness (QED) is 0.334. The molecule has 0 bridgehead atoms. The van der Waals surface area contributed by atoms with E-state index in [0.29, 0.717) is 37.0 Å². The van der Waals surface area contributed by atoms with Gasteiger partial charge in [-0.25, -0.2) is 13.8 Å². The fraction of sp³-hybridized carbons (Fsp3) is 0.192. The SMILES string of the molecule is Cn1cc(Cn2c(-c3cc(F)c(F)cc3C3CC3)nc3sc4c(O)c(Cl)ccc4c3c2=O)ccc1=O. The first-order valence-electron chi connectivity index (χ1n) is 11.2. The van der Waals surface area contributed by atoms with E-state index in [4.69, 9.17) is 16.6 Å². The molecule has 10 heteroatoms. The summed E-state index contributed by atoms with van der Waals surface area (Å²) >= 11 is 7.20. The summed E-state index contributed by atoms with van der Waals surface area (Å²) in [4.78, 5) is 31.0. The summed E-state index contributed by atoms with van der Waals surface area (Å²) in [5.74, 6) is -1.87. The minimum Gasteiger partial charge on any atom is -0.505 e. The molecule has 1 N–H and O–H groups in total. The Balaban J connectivity index is 1.69. The molecule has 2 aromatic carbocycles. The van der Waals surface area contributed by atoms with Crippen molar-refractivity contribution in [2.45, 2.75) is 25.3 Å². The smallest absolute Gasteiger partial charge is 0.263 e. The van der Waals surface area contributed by atoms with E-state index in [9.17, 15) is 23.5 Å². The zero-order valence-electron chi connectivity index (χ0n) is 18.9. The van der Waals surface area contributed by atoms with Crippen LogP contribution in [-0.4, -0.2) is 19.2 Å². The van der Waals surface area contributed by atoms with Gasteiger partial charge in [0.2, 0.25) is 5.56 Å². The van der Waals surface area contributed by atoms with Crippen LogP contribution in [0.2, 0.25) is 5.02 Å². The highest BCUT2D eigenvalue weighted by Crippen LogP contribution is 2.46. The van der Waals surface area contributed by atoms with Crippen molar-refractivity contribution in [2.75, 3.05) is 0 Å². The van der Waals surface area contributed by atoms with Crippen LogP contribution < -0.4 is 11.1 Å². The van der Waals surface area contributed by atoms with Crippen molar-refractivity contribution in [2.24, 2.45) is 7.05 Å². The van der Waals surface area contributed by atoms with E-state index in [1.807, 2.05) is 0 Å². The topological polar surface area (TPSA) is 77.1 Å². The lowest BCUT2D eigenvalue weighted by atomic mass is 10.0. The van der Waals surface area contributed by atoms with Crippen molar-refractivity contribution in [1.29, 1.82) is 0 Å². The Labute approximate surface area is 211 Å². The number of phenols is 1. The van der Waals surface area contributed by atoms with E-state index in [1.165, 1.54) is 27.3 Å². The Morgan fingerprint density at radius 1 is 1.14 bits per heavy atom. The van der Waals surface area contributed by atoms with Crippen molar-refractivity contribution in [3.8, 4) is 17.1 Å². The lowest BCUT2D eigenvalue weighted by molar-refractivity contribution is 0.483. The maximum absolute atomic E-state index is 14.5. The lowest BCUT2D eigenvalue weighted by Gasteiger charge is -2.16. The van der Waals surface area contributed by atoms with Crippen molar-refractivity contribution >= 4 is 43.2 Å². The predicted molar refractivity (Wildman–Crippen MR) is 136 cm³/mol. The number of hydrogen-bond acceptors (Lipinski definition) is 5. The third-order valence-electron chi connectivity index (χ3n) is 6.52. The van der Waals surface area contributed by atoms with Gasteiger partial charge in [0.05, 0.1) is 21.7 Å². The van der Waals surface area contributed by atoms with Crippen molar-refractivity contribution in [3.05, 3.63) is 91.1 Å². The molecule has 0 saturated heterocycles. The zero-order chi connectivity index (χ0) is 25.3. The molecule has 1 aliphatic carbocycles. The molecule has 0 atom stereocenters. The van der Waals surface area contributed by atoms with Gasteiger partial charge in [-0.1, -0.05) is 23.7 Å². The molecule has 3 aromatic heterocycles. The van der Waals surface area contributed by atoms with E-state index in [1.54, 1.807) is 25.4 Å². The molecule has 1 fully saturated rings. The van der Waals surface area contributed by atoms with Crippen LogP contribution in [0.25, 0.3) is 31.7 Å². The molecule has 1 saturated carbocycles. The van der Waals surface area contributed by atoms with Crippen LogP contribution in [0.5, 0.6) is 5.75 Å². The predicted octanol–water partition coefficient (Wildman–Crippen LogP) is 5.54. The van der Waals surface area contributed by atoms with Crippen molar-refractivity contribution < 1.29 is 13.9 Å². The standard InChI is InChI=1S/C26H18ClF2N3O3S/c1-31-10-12(2-7-20(31)33)11-32-24(16-9-19(29)18(28)8-15(16)13-3-4-13)30-25-21(26(32)35)14-5-6-17(27)22(34)23(14)36-25/h2,5-10,13,34H,3-4,11H2,1H3. The second-order valence-electron chi connectivity index (χ2n) is 9.00. The number of nitrogens with zero attached hydrogens (tertiary/aromatic N) is 3. The molecule has 36 heavy (non-hydrogen) atoms. The number of benzene rings is 2. The molecule has 0 radical (unpaired) electrons. The van der Waals surface area contributed by atoms with Gasteiger partial charge in [-0.05, 0) is 48.1 Å². The fourth-order valence-corrected chi connectivity index (χ4v) is 5.88. The Morgan fingerprint density at radius 2 is 1.89 bits per heavy atom. The van der Waals surface area contributed by atoms with E-state index < -0.39 is 17.2 Å². The van der Waals surface area contributed by atoms with Gasteiger partial charge in [0.25, 0.3) is 5.56 Å². The Kier molecular flexibility index (Phi) is 5.24. The zero-order valence-corrected chi connectivity index (χ0v) is 20.5. The maximum atomic E-state index is 14.5. The van der Waals surface area contributed by atoms with Gasteiger partial charge in [-0.3, -0.25) is 14.2 Å². The van der Waals surface area contributed by atoms with E-state index >= 15 is 0 Å². The monoisotopic (exact) mass is 525 g/mol. The molecule has 5 aromatic rings. The first-order chi connectivity index (χ1) is 17.2. The van der Waals surface area contributed by atoms with Gasteiger partial charge < -0.3 is 9.67 Å². The van der Waals surface area contributed by atoms with Crippen LogP contribution in [-0.2, 0) is 13.6 Å². The second kappa shape index (κ2) is 8.25. The number of pyridine rings is 1. The minimum atomic E-state index is -1.03. The van der Waals surface area contributed by atoms with Gasteiger partial charge >= 0.3 is 0 Å². The molecule has 0 unspecified atom stereocenters. The molecule has 182 valence electrons. The summed E-state index contributed by atoms with van der Waals surface area (Å²) in [5.41, 5.74) is 1.000. The first kappa shape index (κ1) is 22.9. The number of fused-ring (bicyclic) bond motifs is 3. The highest BCUT2D eigenvalue weighted by Gasteiger charge is 2.30. The lowest BCUT2D eigenvalue weighted by Crippen LogP contribution is -2.25. The van der Waals surface area contributed by atoms with E-state index in [-0.39, 0.29) is 34.6 Å².